The largest absolute Gasteiger partial charge is 0.416 e. The number of piperidine rings is 1. The Kier molecular flexibility index (Phi) is 6.47. The number of anilines is 1. The minimum absolute atomic E-state index is 0.0529. The van der Waals surface area contributed by atoms with E-state index in [4.69, 9.17) is 0 Å². The fourth-order valence-electron chi connectivity index (χ4n) is 3.41. The van der Waals surface area contributed by atoms with Gasteiger partial charge in [0.2, 0.25) is 11.8 Å². The van der Waals surface area contributed by atoms with Crippen LogP contribution in [0.25, 0.3) is 0 Å². The number of carbonyl (C=O) groups is 2. The van der Waals surface area contributed by atoms with Crippen molar-refractivity contribution in [2.45, 2.75) is 44.3 Å². The fraction of sp³-hybridized carbons (Fsp3) is 0.579. The highest BCUT2D eigenvalue weighted by Gasteiger charge is 2.33. The first-order valence-electron chi connectivity index (χ1n) is 9.83. The topological polar surface area (TPSA) is 105 Å². The maximum atomic E-state index is 12.8. The number of rotatable bonds is 7. The summed E-state index contributed by atoms with van der Waals surface area (Å²) in [6, 6.07) is 2.30. The van der Waals surface area contributed by atoms with E-state index < -0.39 is 22.4 Å². The molecule has 1 aromatic carbocycles. The number of halogens is 3. The lowest BCUT2D eigenvalue weighted by Gasteiger charge is -2.32. The number of carbonyl (C=O) groups excluding carboxylic acids is 2. The van der Waals surface area contributed by atoms with Gasteiger partial charge in [0.15, 0.2) is 0 Å². The Morgan fingerprint density at radius 1 is 1.17 bits per heavy atom. The molecule has 2 fully saturated rings. The van der Waals surface area contributed by atoms with Crippen molar-refractivity contribution in [1.29, 1.82) is 0 Å². The van der Waals surface area contributed by atoms with Gasteiger partial charge in [-0.1, -0.05) is 0 Å². The van der Waals surface area contributed by atoms with Gasteiger partial charge in [-0.3, -0.25) is 19.7 Å². The summed E-state index contributed by atoms with van der Waals surface area (Å²) in [5, 5.41) is 16.8. The summed E-state index contributed by atoms with van der Waals surface area (Å²) in [4.78, 5) is 36.0. The number of hydrogen-bond donors (Lipinski definition) is 2. The number of nitro benzene ring substituents is 1. The normalized spacial score (nSPS) is 17.5. The molecular weight excluding hydrogens is 405 g/mol. The van der Waals surface area contributed by atoms with Gasteiger partial charge in [0.05, 0.1) is 10.5 Å². The van der Waals surface area contributed by atoms with E-state index in [1.54, 1.807) is 4.90 Å². The SMILES string of the molecule is O=C(NC1CCN(C(=O)CCNc2ccc(C(F)(F)F)cc2[N+](=O)[O-])CC1)C1CC1. The first-order valence-corrected chi connectivity index (χ1v) is 9.83. The van der Waals surface area contributed by atoms with Crippen LogP contribution in [0.5, 0.6) is 0 Å². The fourth-order valence-corrected chi connectivity index (χ4v) is 3.41. The molecule has 1 aliphatic carbocycles. The molecule has 1 aromatic rings. The van der Waals surface area contributed by atoms with Crippen molar-refractivity contribution in [3.05, 3.63) is 33.9 Å². The summed E-state index contributed by atoms with van der Waals surface area (Å²) < 4.78 is 38.3. The molecule has 11 heteroatoms. The molecule has 1 saturated carbocycles. The zero-order valence-corrected chi connectivity index (χ0v) is 16.2. The third-order valence-electron chi connectivity index (χ3n) is 5.32. The molecule has 3 rings (SSSR count). The molecule has 164 valence electrons. The second-order valence-corrected chi connectivity index (χ2v) is 7.60. The monoisotopic (exact) mass is 428 g/mol. The average Bonchev–Trinajstić information content (AvgIpc) is 3.53. The summed E-state index contributed by atoms with van der Waals surface area (Å²) in [7, 11) is 0. The zero-order chi connectivity index (χ0) is 21.9. The number of amides is 2. The number of alkyl halides is 3. The summed E-state index contributed by atoms with van der Waals surface area (Å²) >= 11 is 0. The van der Waals surface area contributed by atoms with E-state index in [-0.39, 0.29) is 42.4 Å². The molecule has 2 amide bonds. The molecule has 2 aliphatic rings. The quantitative estimate of drug-likeness (QED) is 0.513. The van der Waals surface area contributed by atoms with Crippen LogP contribution in [0, 0.1) is 16.0 Å². The lowest BCUT2D eigenvalue weighted by Crippen LogP contribution is -2.47. The van der Waals surface area contributed by atoms with Crippen molar-refractivity contribution in [2.75, 3.05) is 25.0 Å². The molecule has 2 N–H and O–H groups in total. The van der Waals surface area contributed by atoms with Crippen LogP contribution in [0.15, 0.2) is 18.2 Å². The number of likely N-dealkylation sites (tertiary alicyclic amines) is 1. The molecule has 1 aliphatic heterocycles. The highest BCUT2D eigenvalue weighted by atomic mass is 19.4. The average molecular weight is 428 g/mol. The van der Waals surface area contributed by atoms with Crippen LogP contribution in [0.2, 0.25) is 0 Å². The van der Waals surface area contributed by atoms with Crippen molar-refractivity contribution in [3.63, 3.8) is 0 Å². The first kappa shape index (κ1) is 21.8. The lowest BCUT2D eigenvalue weighted by molar-refractivity contribution is -0.384. The molecule has 0 spiro atoms. The number of nitrogens with zero attached hydrogens (tertiary/aromatic N) is 2. The van der Waals surface area contributed by atoms with Crippen LogP contribution in [0.3, 0.4) is 0 Å². The smallest absolute Gasteiger partial charge is 0.379 e. The van der Waals surface area contributed by atoms with Crippen LogP contribution in [0.1, 0.15) is 37.7 Å². The Hall–Kier alpha value is -2.85. The Morgan fingerprint density at radius 3 is 2.40 bits per heavy atom. The van der Waals surface area contributed by atoms with Gasteiger partial charge in [0.1, 0.15) is 5.69 Å². The number of nitrogens with one attached hydrogen (secondary N) is 2. The molecular formula is C19H23F3N4O4. The summed E-state index contributed by atoms with van der Waals surface area (Å²) in [6.07, 6.45) is -1.41. The second kappa shape index (κ2) is 8.88. The van der Waals surface area contributed by atoms with Gasteiger partial charge in [0.25, 0.3) is 5.69 Å². The van der Waals surface area contributed by atoms with E-state index >= 15 is 0 Å². The minimum Gasteiger partial charge on any atom is -0.379 e. The molecule has 30 heavy (non-hydrogen) atoms. The molecule has 0 aromatic heterocycles. The zero-order valence-electron chi connectivity index (χ0n) is 16.2. The molecule has 0 atom stereocenters. The Bertz CT molecular complexity index is 818. The second-order valence-electron chi connectivity index (χ2n) is 7.60. The lowest BCUT2D eigenvalue weighted by atomic mass is 10.0. The van der Waals surface area contributed by atoms with E-state index in [0.717, 1.165) is 25.0 Å². The van der Waals surface area contributed by atoms with E-state index in [0.29, 0.717) is 32.0 Å². The molecule has 0 radical (unpaired) electrons. The highest BCUT2D eigenvalue weighted by molar-refractivity contribution is 5.81. The van der Waals surface area contributed by atoms with Gasteiger partial charge in [-0.05, 0) is 37.8 Å². The van der Waals surface area contributed by atoms with Gasteiger partial charge < -0.3 is 15.5 Å². The Labute approximate surface area is 170 Å². The van der Waals surface area contributed by atoms with E-state index in [1.165, 1.54) is 0 Å². The van der Waals surface area contributed by atoms with E-state index in [9.17, 15) is 32.9 Å². The predicted molar refractivity (Wildman–Crippen MR) is 102 cm³/mol. The van der Waals surface area contributed by atoms with Crippen LogP contribution in [-0.4, -0.2) is 47.3 Å². The number of nitro groups is 1. The van der Waals surface area contributed by atoms with Crippen molar-refractivity contribution < 1.29 is 27.7 Å². The van der Waals surface area contributed by atoms with Crippen LogP contribution in [0.4, 0.5) is 24.5 Å². The predicted octanol–water partition coefficient (Wildman–Crippen LogP) is 2.93. The molecule has 1 heterocycles. The summed E-state index contributed by atoms with van der Waals surface area (Å²) in [5.41, 5.74) is -1.86. The van der Waals surface area contributed by atoms with Gasteiger partial charge in [0, 0.05) is 44.1 Å². The van der Waals surface area contributed by atoms with Crippen molar-refractivity contribution in [3.8, 4) is 0 Å². The van der Waals surface area contributed by atoms with E-state index in [1.807, 2.05) is 0 Å². The Balaban J connectivity index is 1.46. The van der Waals surface area contributed by atoms with Crippen LogP contribution < -0.4 is 10.6 Å². The van der Waals surface area contributed by atoms with E-state index in [2.05, 4.69) is 10.6 Å². The molecule has 0 unspecified atom stereocenters. The Morgan fingerprint density at radius 2 is 1.83 bits per heavy atom. The standard InChI is InChI=1S/C19H23F3N4O4/c20-19(21,22)13-3-4-15(16(11-13)26(29)30)23-8-5-17(27)25-9-6-14(7-10-25)24-18(28)12-1-2-12/h3-4,11-12,14,23H,1-2,5-10H2,(H,24,28). The summed E-state index contributed by atoms with van der Waals surface area (Å²) in [6.45, 7) is 1.08. The maximum absolute atomic E-state index is 12.8. The molecule has 0 bridgehead atoms. The number of benzene rings is 1. The molecule has 8 nitrogen and oxygen atoms in total. The minimum atomic E-state index is -4.68. The van der Waals surface area contributed by atoms with Crippen LogP contribution >= 0.6 is 0 Å². The van der Waals surface area contributed by atoms with Gasteiger partial charge in [-0.2, -0.15) is 13.2 Å². The third kappa shape index (κ3) is 5.61. The summed E-state index contributed by atoms with van der Waals surface area (Å²) in [5.74, 6) is 0.0798. The number of hydrogen-bond acceptors (Lipinski definition) is 5. The van der Waals surface area contributed by atoms with Gasteiger partial charge in [-0.25, -0.2) is 0 Å². The first-order chi connectivity index (χ1) is 14.1. The van der Waals surface area contributed by atoms with Crippen molar-refractivity contribution in [1.82, 2.24) is 10.2 Å². The third-order valence-corrected chi connectivity index (χ3v) is 5.32. The highest BCUT2D eigenvalue weighted by Crippen LogP contribution is 2.35. The van der Waals surface area contributed by atoms with Crippen molar-refractivity contribution >= 4 is 23.2 Å². The van der Waals surface area contributed by atoms with Gasteiger partial charge in [-0.15, -0.1) is 0 Å². The van der Waals surface area contributed by atoms with Crippen LogP contribution in [-0.2, 0) is 15.8 Å². The van der Waals surface area contributed by atoms with Crippen molar-refractivity contribution in [2.24, 2.45) is 5.92 Å². The molecule has 1 saturated heterocycles. The maximum Gasteiger partial charge on any atom is 0.416 e. The van der Waals surface area contributed by atoms with Gasteiger partial charge >= 0.3 is 6.18 Å².